The van der Waals surface area contributed by atoms with E-state index in [1.807, 2.05) is 18.7 Å². The molecular formula is C8H17NO2. The molecule has 3 nitrogen and oxygen atoms in total. The molecule has 0 atom stereocenters. The Bertz CT molecular complexity index is 139. The maximum Gasteiger partial charge on any atom is 0.323 e. The molecule has 1 N–H and O–H groups in total. The largest absolute Gasteiger partial charge is 0.480 e. The maximum absolute atomic E-state index is 10.7. The van der Waals surface area contributed by atoms with Crippen LogP contribution in [0, 0.1) is 0 Å². The van der Waals surface area contributed by atoms with E-state index in [0.717, 1.165) is 13.1 Å². The van der Waals surface area contributed by atoms with Crippen LogP contribution in [0.2, 0.25) is 0 Å². The van der Waals surface area contributed by atoms with Gasteiger partial charge in [-0.3, -0.25) is 9.69 Å². The highest BCUT2D eigenvalue weighted by atomic mass is 16.4. The van der Waals surface area contributed by atoms with Crippen LogP contribution < -0.4 is 0 Å². The lowest BCUT2D eigenvalue weighted by atomic mass is 10.0. The van der Waals surface area contributed by atoms with E-state index in [1.54, 1.807) is 13.8 Å². The van der Waals surface area contributed by atoms with Gasteiger partial charge in [0.2, 0.25) is 0 Å². The molecule has 3 heteroatoms. The molecule has 0 aliphatic heterocycles. The van der Waals surface area contributed by atoms with E-state index >= 15 is 0 Å². The predicted octanol–water partition coefficient (Wildman–Crippen LogP) is 1.19. The molecule has 0 amide bonds. The van der Waals surface area contributed by atoms with Crippen molar-refractivity contribution in [1.29, 1.82) is 0 Å². The fourth-order valence-corrected chi connectivity index (χ4v) is 1.15. The molecule has 0 aliphatic rings. The SMILES string of the molecule is CCN(CC)C(C)(C)C(=O)O. The second-order valence-corrected chi connectivity index (χ2v) is 3.04. The zero-order valence-corrected chi connectivity index (χ0v) is 7.72. The van der Waals surface area contributed by atoms with Gasteiger partial charge in [0.1, 0.15) is 5.54 Å². The van der Waals surface area contributed by atoms with Gasteiger partial charge in [-0.05, 0) is 26.9 Å². The molecule has 0 spiro atoms. The van der Waals surface area contributed by atoms with E-state index in [9.17, 15) is 4.79 Å². The van der Waals surface area contributed by atoms with Gasteiger partial charge in [-0.25, -0.2) is 0 Å². The first-order valence-electron chi connectivity index (χ1n) is 3.95. The summed E-state index contributed by atoms with van der Waals surface area (Å²) in [6, 6.07) is 0. The Kier molecular flexibility index (Phi) is 3.52. The molecule has 0 saturated carbocycles. The first-order chi connectivity index (χ1) is 4.96. The van der Waals surface area contributed by atoms with Crippen LogP contribution in [0.3, 0.4) is 0 Å². The quantitative estimate of drug-likeness (QED) is 0.670. The summed E-state index contributed by atoms with van der Waals surface area (Å²) < 4.78 is 0. The zero-order chi connectivity index (χ0) is 9.07. The monoisotopic (exact) mass is 159 g/mol. The van der Waals surface area contributed by atoms with Gasteiger partial charge < -0.3 is 5.11 Å². The standard InChI is InChI=1S/C8H17NO2/c1-5-9(6-2)8(3,4)7(10)11/h5-6H2,1-4H3,(H,10,11). The number of aliphatic carboxylic acids is 1. The Morgan fingerprint density at radius 1 is 1.36 bits per heavy atom. The maximum atomic E-state index is 10.7. The third kappa shape index (κ3) is 2.19. The minimum atomic E-state index is -0.763. The summed E-state index contributed by atoms with van der Waals surface area (Å²) in [6.07, 6.45) is 0. The summed E-state index contributed by atoms with van der Waals surface area (Å²) in [7, 11) is 0. The molecule has 0 unspecified atom stereocenters. The van der Waals surface area contributed by atoms with Crippen molar-refractivity contribution in [1.82, 2.24) is 4.90 Å². The molecule has 0 aliphatic carbocycles. The van der Waals surface area contributed by atoms with Crippen LogP contribution in [-0.4, -0.2) is 34.6 Å². The number of carboxylic acid groups (broad SMARTS) is 1. The fourth-order valence-electron chi connectivity index (χ4n) is 1.15. The number of nitrogens with zero attached hydrogens (tertiary/aromatic N) is 1. The van der Waals surface area contributed by atoms with Crippen LogP contribution in [-0.2, 0) is 4.79 Å². The molecular weight excluding hydrogens is 142 g/mol. The van der Waals surface area contributed by atoms with Gasteiger partial charge in [0.15, 0.2) is 0 Å². The molecule has 0 aromatic rings. The average Bonchev–Trinajstić information content (AvgIpc) is 1.89. The number of carboxylic acids is 1. The highest BCUT2D eigenvalue weighted by Gasteiger charge is 2.32. The van der Waals surface area contributed by atoms with Crippen LogP contribution in [0.4, 0.5) is 0 Å². The zero-order valence-electron chi connectivity index (χ0n) is 7.72. The van der Waals surface area contributed by atoms with Crippen molar-refractivity contribution < 1.29 is 9.90 Å². The summed E-state index contributed by atoms with van der Waals surface area (Å²) in [4.78, 5) is 12.7. The molecule has 66 valence electrons. The number of rotatable bonds is 4. The molecule has 0 radical (unpaired) electrons. The Morgan fingerprint density at radius 2 is 1.73 bits per heavy atom. The van der Waals surface area contributed by atoms with E-state index in [4.69, 9.17) is 5.11 Å². The number of carbonyl (C=O) groups is 1. The number of hydrogen-bond acceptors (Lipinski definition) is 2. The van der Waals surface area contributed by atoms with Gasteiger partial charge in [0.25, 0.3) is 0 Å². The van der Waals surface area contributed by atoms with Crippen LogP contribution in [0.25, 0.3) is 0 Å². The van der Waals surface area contributed by atoms with Crippen LogP contribution in [0.1, 0.15) is 27.7 Å². The smallest absolute Gasteiger partial charge is 0.323 e. The Labute approximate surface area is 68.0 Å². The molecule has 11 heavy (non-hydrogen) atoms. The average molecular weight is 159 g/mol. The normalized spacial score (nSPS) is 12.1. The van der Waals surface area contributed by atoms with Gasteiger partial charge in [0.05, 0.1) is 0 Å². The molecule has 0 saturated heterocycles. The Balaban J connectivity index is 4.36. The van der Waals surface area contributed by atoms with E-state index in [-0.39, 0.29) is 0 Å². The second-order valence-electron chi connectivity index (χ2n) is 3.04. The van der Waals surface area contributed by atoms with E-state index in [2.05, 4.69) is 0 Å². The van der Waals surface area contributed by atoms with Crippen molar-refractivity contribution in [3.8, 4) is 0 Å². The van der Waals surface area contributed by atoms with E-state index < -0.39 is 11.5 Å². The molecule has 0 bridgehead atoms. The lowest BCUT2D eigenvalue weighted by Crippen LogP contribution is -2.49. The topological polar surface area (TPSA) is 40.5 Å². The lowest BCUT2D eigenvalue weighted by molar-refractivity contribution is -0.149. The first-order valence-corrected chi connectivity index (χ1v) is 3.95. The highest BCUT2D eigenvalue weighted by molar-refractivity contribution is 5.77. The summed E-state index contributed by atoms with van der Waals surface area (Å²) in [5.41, 5.74) is -0.733. The Morgan fingerprint density at radius 3 is 1.82 bits per heavy atom. The highest BCUT2D eigenvalue weighted by Crippen LogP contribution is 2.13. The van der Waals surface area contributed by atoms with Gasteiger partial charge in [0, 0.05) is 0 Å². The number of likely N-dealkylation sites (N-methyl/N-ethyl adjacent to an activating group) is 1. The summed E-state index contributed by atoms with van der Waals surface area (Å²) in [5, 5.41) is 8.83. The van der Waals surface area contributed by atoms with Gasteiger partial charge in [-0.2, -0.15) is 0 Å². The van der Waals surface area contributed by atoms with Crippen LogP contribution >= 0.6 is 0 Å². The van der Waals surface area contributed by atoms with Gasteiger partial charge in [-0.15, -0.1) is 0 Å². The summed E-state index contributed by atoms with van der Waals surface area (Å²) >= 11 is 0. The third-order valence-electron chi connectivity index (χ3n) is 2.08. The van der Waals surface area contributed by atoms with Gasteiger partial charge >= 0.3 is 5.97 Å². The van der Waals surface area contributed by atoms with Crippen molar-refractivity contribution in [2.45, 2.75) is 33.2 Å². The second kappa shape index (κ2) is 3.72. The molecule has 0 aromatic heterocycles. The van der Waals surface area contributed by atoms with Crippen molar-refractivity contribution in [3.05, 3.63) is 0 Å². The third-order valence-corrected chi connectivity index (χ3v) is 2.08. The van der Waals surface area contributed by atoms with Crippen molar-refractivity contribution in [3.63, 3.8) is 0 Å². The molecule has 0 fully saturated rings. The van der Waals surface area contributed by atoms with Crippen LogP contribution in [0.5, 0.6) is 0 Å². The van der Waals surface area contributed by atoms with Crippen molar-refractivity contribution in [2.24, 2.45) is 0 Å². The fraction of sp³-hybridized carbons (Fsp3) is 0.875. The van der Waals surface area contributed by atoms with Gasteiger partial charge in [-0.1, -0.05) is 13.8 Å². The van der Waals surface area contributed by atoms with E-state index in [1.165, 1.54) is 0 Å². The van der Waals surface area contributed by atoms with Crippen molar-refractivity contribution >= 4 is 5.97 Å². The minimum absolute atomic E-state index is 0.733. The first kappa shape index (κ1) is 10.4. The van der Waals surface area contributed by atoms with Crippen LogP contribution in [0.15, 0.2) is 0 Å². The molecule has 0 heterocycles. The molecule has 0 rings (SSSR count). The van der Waals surface area contributed by atoms with E-state index in [0.29, 0.717) is 0 Å². The number of hydrogen-bond donors (Lipinski definition) is 1. The predicted molar refractivity (Wildman–Crippen MR) is 44.6 cm³/mol. The molecule has 0 aromatic carbocycles. The Hall–Kier alpha value is -0.570. The summed E-state index contributed by atoms with van der Waals surface area (Å²) in [5.74, 6) is -0.763. The minimum Gasteiger partial charge on any atom is -0.480 e. The van der Waals surface area contributed by atoms with Crippen molar-refractivity contribution in [2.75, 3.05) is 13.1 Å². The lowest BCUT2D eigenvalue weighted by Gasteiger charge is -2.32. The summed E-state index contributed by atoms with van der Waals surface area (Å²) in [6.45, 7) is 8.93.